The van der Waals surface area contributed by atoms with Crippen LogP contribution in [0.1, 0.15) is 0 Å². The first-order valence-electron chi connectivity index (χ1n) is 3.79. The first-order valence-corrected chi connectivity index (χ1v) is 4.16. The van der Waals surface area contributed by atoms with Gasteiger partial charge in [-0.2, -0.15) is 0 Å². The first-order chi connectivity index (χ1) is 7.08. The summed E-state index contributed by atoms with van der Waals surface area (Å²) in [7, 11) is 0. The van der Waals surface area contributed by atoms with E-state index in [1.165, 1.54) is 0 Å². The van der Waals surface area contributed by atoms with Crippen LogP contribution in [-0.2, 0) is 0 Å². The zero-order valence-corrected chi connectivity index (χ0v) is 7.81. The molecule has 2 rings (SSSR count). The monoisotopic (exact) mass is 232 g/mol. The summed E-state index contributed by atoms with van der Waals surface area (Å²) in [6.07, 6.45) is 0. The molecule has 1 heterocycles. The molecule has 0 aliphatic heterocycles. The molecule has 0 amide bonds. The van der Waals surface area contributed by atoms with E-state index in [0.29, 0.717) is 0 Å². The Labute approximate surface area is 86.5 Å². The summed E-state index contributed by atoms with van der Waals surface area (Å²) in [5, 5.41) is 3.23. The van der Waals surface area contributed by atoms with Gasteiger partial charge in [0, 0.05) is 5.56 Å². The summed E-state index contributed by atoms with van der Waals surface area (Å²) in [5.41, 5.74) is 0.0569. The second-order valence-electron chi connectivity index (χ2n) is 2.69. The van der Waals surface area contributed by atoms with Crippen molar-refractivity contribution in [3.05, 3.63) is 39.3 Å². The van der Waals surface area contributed by atoms with Gasteiger partial charge < -0.3 is 0 Å². The highest BCUT2D eigenvalue weighted by atomic mass is 35.5. The van der Waals surface area contributed by atoms with E-state index in [0.717, 1.165) is 12.1 Å². The highest BCUT2D eigenvalue weighted by Gasteiger charge is 2.13. The Morgan fingerprint density at radius 3 is 2.60 bits per heavy atom. The SMILES string of the molecule is O=c1[nH]c(-c2cc(F)c(F)cc2Cl)no1. The van der Waals surface area contributed by atoms with E-state index < -0.39 is 17.4 Å². The molecule has 15 heavy (non-hydrogen) atoms. The van der Waals surface area contributed by atoms with Crippen molar-refractivity contribution in [1.82, 2.24) is 10.1 Å². The standard InChI is InChI=1S/C8H3ClF2N2O2/c9-4-2-6(11)5(10)1-3(4)7-12-8(14)15-13-7/h1-2H,(H,12,13,14). The van der Waals surface area contributed by atoms with Crippen molar-refractivity contribution in [3.63, 3.8) is 0 Å². The fourth-order valence-electron chi connectivity index (χ4n) is 1.05. The lowest BCUT2D eigenvalue weighted by Crippen LogP contribution is -1.95. The molecule has 78 valence electrons. The van der Waals surface area contributed by atoms with Crippen molar-refractivity contribution in [2.45, 2.75) is 0 Å². The number of aromatic amines is 1. The molecular formula is C8H3ClF2N2O2. The normalized spacial score (nSPS) is 10.6. The molecular weight excluding hydrogens is 230 g/mol. The smallest absolute Gasteiger partial charge is 0.296 e. The molecule has 1 N–H and O–H groups in total. The maximum atomic E-state index is 12.9. The molecule has 0 aliphatic rings. The number of H-pyrrole nitrogens is 1. The molecule has 0 saturated heterocycles. The minimum absolute atomic E-state index is 0.0519. The molecule has 1 aromatic heterocycles. The molecule has 0 spiro atoms. The minimum atomic E-state index is -1.08. The van der Waals surface area contributed by atoms with Crippen molar-refractivity contribution < 1.29 is 13.3 Å². The molecule has 0 atom stereocenters. The maximum Gasteiger partial charge on any atom is 0.439 e. The van der Waals surface area contributed by atoms with Gasteiger partial charge in [0.05, 0.1) is 5.02 Å². The van der Waals surface area contributed by atoms with Crippen molar-refractivity contribution in [1.29, 1.82) is 0 Å². The maximum absolute atomic E-state index is 12.9. The molecule has 0 unspecified atom stereocenters. The van der Waals surface area contributed by atoms with E-state index in [9.17, 15) is 13.6 Å². The Hall–Kier alpha value is -1.69. The van der Waals surface area contributed by atoms with Crippen molar-refractivity contribution in [2.75, 3.05) is 0 Å². The van der Waals surface area contributed by atoms with Gasteiger partial charge in [0.25, 0.3) is 0 Å². The third-order valence-electron chi connectivity index (χ3n) is 1.71. The van der Waals surface area contributed by atoms with E-state index in [1.54, 1.807) is 0 Å². The quantitative estimate of drug-likeness (QED) is 0.765. The van der Waals surface area contributed by atoms with Crippen LogP contribution in [0.25, 0.3) is 11.4 Å². The molecule has 0 bridgehead atoms. The number of hydrogen-bond acceptors (Lipinski definition) is 3. The number of hydrogen-bond donors (Lipinski definition) is 1. The van der Waals surface area contributed by atoms with Crippen LogP contribution in [0.15, 0.2) is 21.5 Å². The molecule has 0 aliphatic carbocycles. The van der Waals surface area contributed by atoms with Gasteiger partial charge in [0.15, 0.2) is 17.5 Å². The second kappa shape index (κ2) is 3.47. The Morgan fingerprint density at radius 2 is 2.00 bits per heavy atom. The van der Waals surface area contributed by atoms with Crippen LogP contribution in [0, 0.1) is 11.6 Å². The lowest BCUT2D eigenvalue weighted by atomic mass is 10.2. The van der Waals surface area contributed by atoms with Crippen LogP contribution in [0.3, 0.4) is 0 Å². The number of nitrogens with one attached hydrogen (secondary N) is 1. The molecule has 4 nitrogen and oxygen atoms in total. The summed E-state index contributed by atoms with van der Waals surface area (Å²) in [6.45, 7) is 0. The van der Waals surface area contributed by atoms with E-state index in [4.69, 9.17) is 11.6 Å². The Morgan fingerprint density at radius 1 is 1.33 bits per heavy atom. The fraction of sp³-hybridized carbons (Fsp3) is 0. The van der Waals surface area contributed by atoms with Crippen LogP contribution in [-0.4, -0.2) is 10.1 Å². The highest BCUT2D eigenvalue weighted by Crippen LogP contribution is 2.26. The average molecular weight is 233 g/mol. The number of halogens is 3. The van der Waals surface area contributed by atoms with E-state index >= 15 is 0 Å². The average Bonchev–Trinajstić information content (AvgIpc) is 2.58. The van der Waals surface area contributed by atoms with Crippen LogP contribution in [0.2, 0.25) is 5.02 Å². The van der Waals surface area contributed by atoms with Crippen molar-refractivity contribution in [2.24, 2.45) is 0 Å². The van der Waals surface area contributed by atoms with E-state index in [2.05, 4.69) is 14.7 Å². The minimum Gasteiger partial charge on any atom is -0.296 e. The summed E-state index contributed by atoms with van der Waals surface area (Å²) < 4.78 is 29.8. The number of benzene rings is 1. The summed E-state index contributed by atoms with van der Waals surface area (Å²) >= 11 is 5.63. The molecule has 7 heteroatoms. The molecule has 2 aromatic rings. The van der Waals surface area contributed by atoms with Gasteiger partial charge in [-0.1, -0.05) is 16.8 Å². The lowest BCUT2D eigenvalue weighted by molar-refractivity contribution is 0.388. The van der Waals surface area contributed by atoms with Gasteiger partial charge in [0.2, 0.25) is 0 Å². The number of nitrogens with zero attached hydrogens (tertiary/aromatic N) is 1. The zero-order valence-electron chi connectivity index (χ0n) is 7.05. The van der Waals surface area contributed by atoms with Gasteiger partial charge in [-0.15, -0.1) is 0 Å². The molecule has 0 fully saturated rings. The van der Waals surface area contributed by atoms with Crippen LogP contribution < -0.4 is 5.76 Å². The highest BCUT2D eigenvalue weighted by molar-refractivity contribution is 6.33. The van der Waals surface area contributed by atoms with Gasteiger partial charge in [0.1, 0.15) is 0 Å². The largest absolute Gasteiger partial charge is 0.439 e. The zero-order chi connectivity index (χ0) is 11.0. The van der Waals surface area contributed by atoms with Crippen LogP contribution >= 0.6 is 11.6 Å². The number of rotatable bonds is 1. The van der Waals surface area contributed by atoms with Gasteiger partial charge in [-0.3, -0.25) is 9.51 Å². The molecule has 0 radical (unpaired) electrons. The Bertz CT molecular complexity index is 564. The van der Waals surface area contributed by atoms with E-state index in [-0.39, 0.29) is 16.4 Å². The predicted molar refractivity (Wildman–Crippen MR) is 47.5 cm³/mol. The van der Waals surface area contributed by atoms with Crippen LogP contribution in [0.4, 0.5) is 8.78 Å². The third kappa shape index (κ3) is 1.75. The predicted octanol–water partition coefficient (Wildman–Crippen LogP) is 1.96. The number of aromatic nitrogens is 2. The van der Waals surface area contributed by atoms with Gasteiger partial charge in [-0.25, -0.2) is 13.6 Å². The van der Waals surface area contributed by atoms with Crippen molar-refractivity contribution in [3.8, 4) is 11.4 Å². The third-order valence-corrected chi connectivity index (χ3v) is 2.02. The summed E-state index contributed by atoms with van der Waals surface area (Å²) in [4.78, 5) is 12.8. The first kappa shape index (κ1) is 9.85. The molecule has 0 saturated carbocycles. The van der Waals surface area contributed by atoms with Gasteiger partial charge in [-0.05, 0) is 12.1 Å². The van der Waals surface area contributed by atoms with E-state index in [1.807, 2.05) is 0 Å². The lowest BCUT2D eigenvalue weighted by Gasteiger charge is -2.00. The second-order valence-corrected chi connectivity index (χ2v) is 3.10. The molecule has 1 aromatic carbocycles. The fourth-order valence-corrected chi connectivity index (χ4v) is 1.29. The van der Waals surface area contributed by atoms with Crippen molar-refractivity contribution >= 4 is 11.6 Å². The summed E-state index contributed by atoms with van der Waals surface area (Å²) in [5.74, 6) is -3.01. The Balaban J connectivity index is 2.63. The topological polar surface area (TPSA) is 58.9 Å². The summed E-state index contributed by atoms with van der Waals surface area (Å²) in [6, 6.07) is 1.62. The van der Waals surface area contributed by atoms with Crippen LogP contribution in [0.5, 0.6) is 0 Å². The van der Waals surface area contributed by atoms with Gasteiger partial charge >= 0.3 is 5.76 Å². The Kier molecular flexibility index (Phi) is 2.28.